The van der Waals surface area contributed by atoms with Gasteiger partial charge in [-0.05, 0) is 12.1 Å². The van der Waals surface area contributed by atoms with E-state index in [1.54, 1.807) is 24.3 Å². The van der Waals surface area contributed by atoms with Gasteiger partial charge in [0, 0.05) is 0 Å². The first-order valence-electron chi connectivity index (χ1n) is 3.27. The lowest BCUT2D eigenvalue weighted by atomic mass is 10.2. The molecular formula is C7H5NO3S. The van der Waals surface area contributed by atoms with Crippen LogP contribution in [0.4, 0.5) is 5.69 Å². The van der Waals surface area contributed by atoms with Gasteiger partial charge in [0.1, 0.15) is 0 Å². The van der Waals surface area contributed by atoms with E-state index in [4.69, 9.17) is 0 Å². The molecule has 1 heterocycles. The van der Waals surface area contributed by atoms with Gasteiger partial charge in [0.25, 0.3) is 0 Å². The Bertz CT molecular complexity index is 363. The van der Waals surface area contributed by atoms with E-state index < -0.39 is 17.2 Å². The zero-order valence-electron chi connectivity index (χ0n) is 5.94. The van der Waals surface area contributed by atoms with Gasteiger partial charge in [-0.1, -0.05) is 12.1 Å². The minimum absolute atomic E-state index is 0.414. The van der Waals surface area contributed by atoms with Gasteiger partial charge < -0.3 is 4.18 Å². The van der Waals surface area contributed by atoms with Crippen molar-refractivity contribution in [1.82, 2.24) is 0 Å². The lowest BCUT2D eigenvalue weighted by Gasteiger charge is -2.14. The van der Waals surface area contributed by atoms with Crippen LogP contribution < -0.4 is 4.72 Å². The third kappa shape index (κ3) is 1.08. The van der Waals surface area contributed by atoms with E-state index in [0.717, 1.165) is 0 Å². The van der Waals surface area contributed by atoms with E-state index in [1.165, 1.54) is 0 Å². The quantitative estimate of drug-likeness (QED) is 0.648. The molecule has 0 amide bonds. The first-order chi connectivity index (χ1) is 5.77. The number of anilines is 1. The molecule has 0 saturated heterocycles. The van der Waals surface area contributed by atoms with Crippen LogP contribution in [0.2, 0.25) is 0 Å². The Morgan fingerprint density at radius 1 is 1.33 bits per heavy atom. The lowest BCUT2D eigenvalue weighted by Crippen LogP contribution is -2.21. The van der Waals surface area contributed by atoms with Crippen molar-refractivity contribution in [1.29, 1.82) is 0 Å². The summed E-state index contributed by atoms with van der Waals surface area (Å²) in [5.74, 6) is -0.553. The number of hydrogen-bond donors (Lipinski definition) is 1. The third-order valence-corrected chi connectivity index (χ3v) is 2.18. The Hall–Kier alpha value is -1.36. The Morgan fingerprint density at radius 3 is 2.92 bits per heavy atom. The fraction of sp³-hybridized carbons (Fsp3) is 0. The molecule has 4 nitrogen and oxygen atoms in total. The maximum atomic E-state index is 11.0. The molecule has 1 aromatic carbocycles. The highest BCUT2D eigenvalue weighted by Crippen LogP contribution is 2.21. The van der Waals surface area contributed by atoms with Gasteiger partial charge in [0.15, 0.2) is 0 Å². The summed E-state index contributed by atoms with van der Waals surface area (Å²) in [6.07, 6.45) is 0. The van der Waals surface area contributed by atoms with Gasteiger partial charge in [0.2, 0.25) is 0 Å². The molecular weight excluding hydrogens is 178 g/mol. The normalized spacial score (nSPS) is 20.7. The first kappa shape index (κ1) is 7.30. The predicted octanol–water partition coefficient (Wildman–Crippen LogP) is 0.848. The highest BCUT2D eigenvalue weighted by molar-refractivity contribution is 7.82. The van der Waals surface area contributed by atoms with E-state index in [0.29, 0.717) is 11.3 Å². The molecule has 5 heteroatoms. The second kappa shape index (κ2) is 2.60. The molecule has 0 bridgehead atoms. The van der Waals surface area contributed by atoms with Crippen LogP contribution in [0.15, 0.2) is 24.3 Å². The zero-order valence-corrected chi connectivity index (χ0v) is 6.76. The second-order valence-electron chi connectivity index (χ2n) is 2.25. The summed E-state index contributed by atoms with van der Waals surface area (Å²) >= 11 is -1.73. The topological polar surface area (TPSA) is 55.4 Å². The summed E-state index contributed by atoms with van der Waals surface area (Å²) in [6, 6.07) is 6.76. The molecule has 1 aromatic rings. The Labute approximate surface area is 71.3 Å². The number of fused-ring (bicyclic) bond motifs is 1. The van der Waals surface area contributed by atoms with E-state index in [9.17, 15) is 9.00 Å². The molecule has 0 spiro atoms. The Kier molecular flexibility index (Phi) is 1.58. The van der Waals surface area contributed by atoms with Gasteiger partial charge in [-0.3, -0.25) is 4.72 Å². The lowest BCUT2D eigenvalue weighted by molar-refractivity contribution is 0.0756. The maximum Gasteiger partial charge on any atom is 0.355 e. The largest absolute Gasteiger partial charge is 0.355 e. The number of para-hydroxylation sites is 1. The van der Waals surface area contributed by atoms with Gasteiger partial charge in [-0.25, -0.2) is 4.79 Å². The average molecular weight is 183 g/mol. The molecule has 12 heavy (non-hydrogen) atoms. The fourth-order valence-electron chi connectivity index (χ4n) is 0.974. The molecule has 0 aromatic heterocycles. The molecule has 1 atom stereocenters. The summed E-state index contributed by atoms with van der Waals surface area (Å²) in [6.45, 7) is 0. The maximum absolute atomic E-state index is 11.0. The van der Waals surface area contributed by atoms with Gasteiger partial charge >= 0.3 is 17.2 Å². The van der Waals surface area contributed by atoms with Crippen LogP contribution in [0.3, 0.4) is 0 Å². The zero-order chi connectivity index (χ0) is 8.55. The molecule has 62 valence electrons. The van der Waals surface area contributed by atoms with Crippen molar-refractivity contribution in [2.24, 2.45) is 0 Å². The van der Waals surface area contributed by atoms with E-state index >= 15 is 0 Å². The van der Waals surface area contributed by atoms with Crippen LogP contribution in [0.5, 0.6) is 0 Å². The Morgan fingerprint density at radius 2 is 2.08 bits per heavy atom. The minimum Gasteiger partial charge on any atom is -0.344 e. The number of carbonyl (C=O) groups is 1. The van der Waals surface area contributed by atoms with Crippen LogP contribution >= 0.6 is 0 Å². The second-order valence-corrected chi connectivity index (χ2v) is 3.09. The number of benzene rings is 1. The van der Waals surface area contributed by atoms with Gasteiger partial charge in [-0.2, -0.15) is 4.21 Å². The van der Waals surface area contributed by atoms with E-state index in [2.05, 4.69) is 8.91 Å². The first-order valence-corrected chi connectivity index (χ1v) is 4.35. The van der Waals surface area contributed by atoms with Gasteiger partial charge in [0.05, 0.1) is 11.3 Å². The summed E-state index contributed by atoms with van der Waals surface area (Å²) in [4.78, 5) is 11.0. The smallest absolute Gasteiger partial charge is 0.344 e. The van der Waals surface area contributed by atoms with Gasteiger partial charge in [-0.15, -0.1) is 0 Å². The summed E-state index contributed by atoms with van der Waals surface area (Å²) < 4.78 is 17.7. The predicted molar refractivity (Wildman–Crippen MR) is 43.6 cm³/mol. The summed E-state index contributed by atoms with van der Waals surface area (Å²) in [5, 5.41) is 0. The van der Waals surface area contributed by atoms with Crippen LogP contribution in [-0.2, 0) is 15.4 Å². The molecule has 2 rings (SSSR count). The van der Waals surface area contributed by atoms with Crippen molar-refractivity contribution in [2.45, 2.75) is 0 Å². The number of carbonyl (C=O) groups excluding carboxylic acids is 1. The van der Waals surface area contributed by atoms with Crippen molar-refractivity contribution >= 4 is 22.9 Å². The van der Waals surface area contributed by atoms with Crippen LogP contribution in [-0.4, -0.2) is 10.2 Å². The van der Waals surface area contributed by atoms with Crippen LogP contribution in [0.1, 0.15) is 10.4 Å². The number of rotatable bonds is 0. The molecule has 1 unspecified atom stereocenters. The van der Waals surface area contributed by atoms with Crippen LogP contribution in [0, 0.1) is 0 Å². The van der Waals surface area contributed by atoms with Crippen molar-refractivity contribution < 1.29 is 13.2 Å². The van der Waals surface area contributed by atoms with Crippen molar-refractivity contribution in [3.05, 3.63) is 29.8 Å². The molecule has 0 radical (unpaired) electrons. The average Bonchev–Trinajstić information content (AvgIpc) is 2.04. The van der Waals surface area contributed by atoms with Crippen molar-refractivity contribution in [2.75, 3.05) is 4.72 Å². The molecule has 0 aliphatic carbocycles. The number of nitrogens with one attached hydrogen (secondary N) is 1. The minimum atomic E-state index is -1.73. The SMILES string of the molecule is O=C1OS(=O)Nc2ccccc21. The molecule has 1 aliphatic rings. The summed E-state index contributed by atoms with van der Waals surface area (Å²) in [7, 11) is 0. The third-order valence-electron chi connectivity index (χ3n) is 1.49. The molecule has 1 aliphatic heterocycles. The van der Waals surface area contributed by atoms with E-state index in [1.807, 2.05) is 0 Å². The fourth-order valence-corrected chi connectivity index (χ4v) is 1.60. The number of hydrogen-bond acceptors (Lipinski definition) is 3. The Balaban J connectivity index is 2.54. The molecule has 1 N–H and O–H groups in total. The summed E-state index contributed by atoms with van der Waals surface area (Å²) in [5.41, 5.74) is 0.962. The van der Waals surface area contributed by atoms with Crippen molar-refractivity contribution in [3.63, 3.8) is 0 Å². The molecule has 0 saturated carbocycles. The highest BCUT2D eigenvalue weighted by atomic mass is 32.2. The van der Waals surface area contributed by atoms with Crippen LogP contribution in [0.25, 0.3) is 0 Å². The van der Waals surface area contributed by atoms with Crippen molar-refractivity contribution in [3.8, 4) is 0 Å². The van der Waals surface area contributed by atoms with E-state index in [-0.39, 0.29) is 0 Å². The monoisotopic (exact) mass is 183 g/mol. The highest BCUT2D eigenvalue weighted by Gasteiger charge is 2.22. The standard InChI is InChI=1S/C7H5NO3S/c9-7-5-3-1-2-4-6(5)8-12(10)11-7/h1-4,8H. The molecule has 0 fully saturated rings.